The van der Waals surface area contributed by atoms with Crippen LogP contribution in [0.5, 0.6) is 5.75 Å². The smallest absolute Gasteiger partial charge is 0.263 e. The summed E-state index contributed by atoms with van der Waals surface area (Å²) in [6.07, 6.45) is 1.56. The first-order valence-electron chi connectivity index (χ1n) is 10.1. The van der Waals surface area contributed by atoms with Crippen LogP contribution in [0.3, 0.4) is 0 Å². The third-order valence-corrected chi connectivity index (χ3v) is 5.68. The van der Waals surface area contributed by atoms with E-state index in [1.54, 1.807) is 25.2 Å². The van der Waals surface area contributed by atoms with Crippen molar-refractivity contribution in [2.24, 2.45) is 12.8 Å². The molecular weight excluding hydrogens is 413 g/mol. The van der Waals surface area contributed by atoms with Gasteiger partial charge in [-0.2, -0.15) is 0 Å². The van der Waals surface area contributed by atoms with E-state index in [0.29, 0.717) is 35.9 Å². The Balaban J connectivity index is 1.93. The van der Waals surface area contributed by atoms with Crippen molar-refractivity contribution in [2.75, 3.05) is 18.0 Å². The summed E-state index contributed by atoms with van der Waals surface area (Å²) in [7, 11) is 1.65. The quantitative estimate of drug-likeness (QED) is 0.369. The summed E-state index contributed by atoms with van der Waals surface area (Å²) in [6, 6.07) is 10.6. The summed E-state index contributed by atoms with van der Waals surface area (Å²) in [5.74, 6) is 0.0138. The summed E-state index contributed by atoms with van der Waals surface area (Å²) in [4.78, 5) is 27.7. The number of hydrogen-bond acceptors (Lipinski definition) is 6. The lowest BCUT2D eigenvalue weighted by Crippen LogP contribution is -2.42. The monoisotopic (exact) mass is 435 g/mol. The maximum absolute atomic E-state index is 14.5. The normalized spacial score (nSPS) is 14.3. The molecular formula is C23H22FN5O3. The minimum atomic E-state index is -0.680. The van der Waals surface area contributed by atoms with Crippen LogP contribution in [-0.2, 0) is 7.05 Å². The third-order valence-electron chi connectivity index (χ3n) is 5.68. The molecule has 32 heavy (non-hydrogen) atoms. The Morgan fingerprint density at radius 2 is 1.84 bits per heavy atom. The number of hydrogen-bond donors (Lipinski definition) is 2. The van der Waals surface area contributed by atoms with E-state index in [1.807, 2.05) is 4.90 Å². The Hall–Kier alpha value is -3.74. The van der Waals surface area contributed by atoms with E-state index in [2.05, 4.69) is 9.73 Å². The van der Waals surface area contributed by atoms with Gasteiger partial charge in [-0.25, -0.2) is 19.5 Å². The van der Waals surface area contributed by atoms with Crippen LogP contribution in [0.25, 0.3) is 27.2 Å². The number of rotatable bonds is 4. The van der Waals surface area contributed by atoms with Crippen molar-refractivity contribution in [3.8, 4) is 28.1 Å². The molecule has 0 bridgehead atoms. The van der Waals surface area contributed by atoms with Gasteiger partial charge in [-0.3, -0.25) is 9.36 Å². The number of nitrogens with two attached hydrogens (primary N) is 1. The highest BCUT2D eigenvalue weighted by Crippen LogP contribution is 2.33. The molecule has 0 atom stereocenters. The van der Waals surface area contributed by atoms with E-state index >= 15 is 0 Å². The first kappa shape index (κ1) is 21.5. The second-order valence-electron chi connectivity index (χ2n) is 7.72. The number of piperidine rings is 1. The van der Waals surface area contributed by atoms with Gasteiger partial charge in [0.1, 0.15) is 5.82 Å². The van der Waals surface area contributed by atoms with Gasteiger partial charge in [-0.15, -0.1) is 0 Å². The Morgan fingerprint density at radius 1 is 1.19 bits per heavy atom. The van der Waals surface area contributed by atoms with Crippen LogP contribution in [0.1, 0.15) is 12.8 Å². The average molecular weight is 435 g/mol. The lowest BCUT2D eigenvalue weighted by molar-refractivity contribution is -0.137. The van der Waals surface area contributed by atoms with Crippen molar-refractivity contribution < 1.29 is 14.5 Å². The van der Waals surface area contributed by atoms with Gasteiger partial charge in [0.25, 0.3) is 5.56 Å². The molecule has 1 aliphatic rings. The minimum absolute atomic E-state index is 0.103. The summed E-state index contributed by atoms with van der Waals surface area (Å²) in [5.41, 5.74) is 7.14. The molecule has 0 radical (unpaired) electrons. The SMILES string of the molecule is [C-]#[N+]c1ccc(-c2nc(N3CCC(N)CC3)n(C)c(=O)c2-c2ccc(OO)cc2)cc1F. The summed E-state index contributed by atoms with van der Waals surface area (Å²) in [5, 5.41) is 8.85. The van der Waals surface area contributed by atoms with Crippen molar-refractivity contribution in [1.29, 1.82) is 0 Å². The van der Waals surface area contributed by atoms with E-state index in [4.69, 9.17) is 22.5 Å². The van der Waals surface area contributed by atoms with E-state index in [-0.39, 0.29) is 28.6 Å². The van der Waals surface area contributed by atoms with E-state index in [1.165, 1.54) is 28.8 Å². The highest BCUT2D eigenvalue weighted by atomic mass is 19.1. The summed E-state index contributed by atoms with van der Waals surface area (Å²) in [6.45, 7) is 8.41. The summed E-state index contributed by atoms with van der Waals surface area (Å²) < 4.78 is 15.9. The Kier molecular flexibility index (Phi) is 5.90. The number of benzene rings is 2. The molecule has 9 heteroatoms. The van der Waals surface area contributed by atoms with Gasteiger partial charge in [0.2, 0.25) is 11.6 Å². The molecule has 1 saturated heterocycles. The molecule has 3 N–H and O–H groups in total. The lowest BCUT2D eigenvalue weighted by atomic mass is 9.99. The second-order valence-corrected chi connectivity index (χ2v) is 7.72. The van der Waals surface area contributed by atoms with Crippen molar-refractivity contribution in [1.82, 2.24) is 9.55 Å². The lowest BCUT2D eigenvalue weighted by Gasteiger charge is -2.32. The molecule has 1 fully saturated rings. The van der Waals surface area contributed by atoms with E-state index < -0.39 is 5.82 Å². The highest BCUT2D eigenvalue weighted by molar-refractivity contribution is 5.82. The number of anilines is 1. The fourth-order valence-corrected chi connectivity index (χ4v) is 3.87. The fraction of sp³-hybridized carbons (Fsp3) is 0.261. The minimum Gasteiger partial charge on any atom is -0.342 e. The standard InChI is InChI=1S/C23H22FN5O3/c1-26-19-8-5-15(13-18(19)24)21-20(14-3-6-17(32-31)7-4-14)22(30)28(2)23(27-21)29-11-9-16(25)10-12-29/h3-8,13,16,31H,9-12,25H2,2H3. The Morgan fingerprint density at radius 3 is 2.44 bits per heavy atom. The zero-order chi connectivity index (χ0) is 22.8. The molecule has 0 aliphatic carbocycles. The largest absolute Gasteiger partial charge is 0.342 e. The van der Waals surface area contributed by atoms with Crippen LogP contribution < -0.4 is 21.1 Å². The number of nitrogens with zero attached hydrogens (tertiary/aromatic N) is 4. The molecule has 1 aromatic heterocycles. The van der Waals surface area contributed by atoms with Gasteiger partial charge in [0, 0.05) is 31.7 Å². The Bertz CT molecular complexity index is 1240. The average Bonchev–Trinajstić information content (AvgIpc) is 2.81. The molecule has 1 aliphatic heterocycles. The molecule has 164 valence electrons. The zero-order valence-electron chi connectivity index (χ0n) is 17.5. The molecule has 2 aromatic carbocycles. The van der Waals surface area contributed by atoms with Gasteiger partial charge in [-0.05, 0) is 36.6 Å². The molecule has 3 aromatic rings. The van der Waals surface area contributed by atoms with Crippen LogP contribution >= 0.6 is 0 Å². The molecule has 0 saturated carbocycles. The van der Waals surface area contributed by atoms with Gasteiger partial charge >= 0.3 is 0 Å². The molecule has 0 amide bonds. The first-order valence-corrected chi connectivity index (χ1v) is 10.1. The van der Waals surface area contributed by atoms with E-state index in [9.17, 15) is 9.18 Å². The predicted octanol–water partition coefficient (Wildman–Crippen LogP) is 3.58. The second kappa shape index (κ2) is 8.78. The van der Waals surface area contributed by atoms with Crippen molar-refractivity contribution >= 4 is 11.6 Å². The molecule has 2 heterocycles. The van der Waals surface area contributed by atoms with Gasteiger partial charge in [-0.1, -0.05) is 24.3 Å². The molecule has 8 nitrogen and oxygen atoms in total. The fourth-order valence-electron chi connectivity index (χ4n) is 3.87. The predicted molar refractivity (Wildman–Crippen MR) is 119 cm³/mol. The van der Waals surface area contributed by atoms with E-state index in [0.717, 1.165) is 12.8 Å². The number of halogens is 1. The molecule has 0 unspecified atom stereocenters. The van der Waals surface area contributed by atoms with Crippen molar-refractivity contribution in [3.63, 3.8) is 0 Å². The third kappa shape index (κ3) is 3.93. The maximum Gasteiger partial charge on any atom is 0.263 e. The zero-order valence-corrected chi connectivity index (χ0v) is 17.5. The van der Waals surface area contributed by atoms with Gasteiger partial charge in [0.05, 0.1) is 17.8 Å². The van der Waals surface area contributed by atoms with Crippen LogP contribution in [-0.4, -0.2) is 33.9 Å². The van der Waals surface area contributed by atoms with Crippen molar-refractivity contribution in [2.45, 2.75) is 18.9 Å². The topological polar surface area (TPSA) is 98.0 Å². The van der Waals surface area contributed by atoms with Crippen LogP contribution in [0.4, 0.5) is 16.0 Å². The van der Waals surface area contributed by atoms with Gasteiger partial charge < -0.3 is 15.5 Å². The molecule has 4 rings (SSSR count). The van der Waals surface area contributed by atoms with Crippen molar-refractivity contribution in [3.05, 3.63) is 70.1 Å². The first-order chi connectivity index (χ1) is 15.4. The number of aromatic nitrogens is 2. The molecule has 0 spiro atoms. The Labute approximate surface area is 184 Å². The maximum atomic E-state index is 14.5. The highest BCUT2D eigenvalue weighted by Gasteiger charge is 2.24. The van der Waals surface area contributed by atoms with Crippen LogP contribution in [0.15, 0.2) is 47.3 Å². The van der Waals surface area contributed by atoms with Gasteiger partial charge in [0.15, 0.2) is 5.75 Å². The summed E-state index contributed by atoms with van der Waals surface area (Å²) >= 11 is 0. The van der Waals surface area contributed by atoms with Crippen LogP contribution in [0, 0.1) is 12.4 Å². The van der Waals surface area contributed by atoms with Crippen LogP contribution in [0.2, 0.25) is 0 Å².